The molecule has 1 unspecified atom stereocenters. The third-order valence-corrected chi connectivity index (χ3v) is 4.10. The second-order valence-electron chi connectivity index (χ2n) is 5.42. The van der Waals surface area contributed by atoms with E-state index in [2.05, 4.69) is 10.3 Å². The Labute approximate surface area is 140 Å². The van der Waals surface area contributed by atoms with Crippen LogP contribution in [0.25, 0.3) is 0 Å². The molecule has 0 radical (unpaired) electrons. The molecule has 124 valence electrons. The quantitative estimate of drug-likeness (QED) is 0.853. The van der Waals surface area contributed by atoms with Crippen LogP contribution >= 0.6 is 11.8 Å². The summed E-state index contributed by atoms with van der Waals surface area (Å²) in [5.41, 5.74) is 2.06. The zero-order valence-electron chi connectivity index (χ0n) is 13.7. The first-order valence-corrected chi connectivity index (χ1v) is 8.75. The molecular formula is C17H21FN2O2S. The minimum Gasteiger partial charge on any atom is -0.463 e. The Bertz CT molecular complexity index is 638. The number of halogens is 1. The monoisotopic (exact) mass is 336 g/mol. The minimum absolute atomic E-state index is 0.106. The summed E-state index contributed by atoms with van der Waals surface area (Å²) in [6.07, 6.45) is 1.92. The van der Waals surface area contributed by atoms with E-state index in [9.17, 15) is 9.18 Å². The number of carbonyl (C=O) groups is 1. The maximum Gasteiger partial charge on any atom is 0.338 e. The SMILES string of the molecule is CCOC(=O)C1=C(C(C)C)NC(SC)=NC1c1ccc(F)cc1. The van der Waals surface area contributed by atoms with Gasteiger partial charge < -0.3 is 10.1 Å². The van der Waals surface area contributed by atoms with Gasteiger partial charge in [0.15, 0.2) is 5.17 Å². The highest BCUT2D eigenvalue weighted by Crippen LogP contribution is 2.34. The highest BCUT2D eigenvalue weighted by molar-refractivity contribution is 8.13. The Kier molecular flexibility index (Phi) is 5.82. The maximum atomic E-state index is 13.2. The number of benzene rings is 1. The lowest BCUT2D eigenvalue weighted by Crippen LogP contribution is -2.33. The molecule has 0 bridgehead atoms. The Morgan fingerprint density at radius 2 is 2.04 bits per heavy atom. The highest BCUT2D eigenvalue weighted by atomic mass is 32.2. The molecule has 0 spiro atoms. The van der Waals surface area contributed by atoms with Crippen molar-refractivity contribution < 1.29 is 13.9 Å². The van der Waals surface area contributed by atoms with Crippen molar-refractivity contribution in [2.75, 3.05) is 12.9 Å². The van der Waals surface area contributed by atoms with Crippen molar-refractivity contribution in [1.82, 2.24) is 5.32 Å². The largest absolute Gasteiger partial charge is 0.463 e. The third-order valence-electron chi connectivity index (χ3n) is 3.50. The molecule has 1 aliphatic heterocycles. The summed E-state index contributed by atoms with van der Waals surface area (Å²) in [5.74, 6) is -0.598. The molecule has 1 aliphatic rings. The van der Waals surface area contributed by atoms with E-state index >= 15 is 0 Å². The molecule has 1 atom stereocenters. The summed E-state index contributed by atoms with van der Waals surface area (Å²) in [6, 6.07) is 5.58. The lowest BCUT2D eigenvalue weighted by atomic mass is 9.92. The fraction of sp³-hybridized carbons (Fsp3) is 0.412. The first-order valence-electron chi connectivity index (χ1n) is 7.53. The van der Waals surface area contributed by atoms with Gasteiger partial charge in [-0.25, -0.2) is 14.2 Å². The molecular weight excluding hydrogens is 315 g/mol. The predicted molar refractivity (Wildman–Crippen MR) is 91.7 cm³/mol. The lowest BCUT2D eigenvalue weighted by Gasteiger charge is -2.28. The molecule has 0 saturated heterocycles. The predicted octanol–water partition coefficient (Wildman–Crippen LogP) is 3.66. The van der Waals surface area contributed by atoms with Gasteiger partial charge in [0.2, 0.25) is 0 Å². The number of nitrogens with zero attached hydrogens (tertiary/aromatic N) is 1. The van der Waals surface area contributed by atoms with E-state index in [1.807, 2.05) is 20.1 Å². The number of hydrogen-bond donors (Lipinski definition) is 1. The number of esters is 1. The molecule has 0 aromatic heterocycles. The van der Waals surface area contributed by atoms with Gasteiger partial charge in [-0.05, 0) is 36.8 Å². The Morgan fingerprint density at radius 1 is 1.39 bits per heavy atom. The van der Waals surface area contributed by atoms with Crippen molar-refractivity contribution in [3.05, 3.63) is 46.9 Å². The van der Waals surface area contributed by atoms with E-state index in [4.69, 9.17) is 4.74 Å². The van der Waals surface area contributed by atoms with Crippen LogP contribution in [-0.4, -0.2) is 24.0 Å². The van der Waals surface area contributed by atoms with Crippen LogP contribution in [0.2, 0.25) is 0 Å². The molecule has 1 N–H and O–H groups in total. The number of ether oxygens (including phenoxy) is 1. The molecule has 4 nitrogen and oxygen atoms in total. The fourth-order valence-corrected chi connectivity index (χ4v) is 2.84. The van der Waals surface area contributed by atoms with Crippen LogP contribution in [-0.2, 0) is 9.53 Å². The summed E-state index contributed by atoms with van der Waals surface area (Å²) in [4.78, 5) is 17.1. The van der Waals surface area contributed by atoms with Crippen molar-refractivity contribution >= 4 is 22.9 Å². The van der Waals surface area contributed by atoms with Gasteiger partial charge >= 0.3 is 5.97 Å². The third kappa shape index (κ3) is 3.93. The molecule has 1 aromatic rings. The molecule has 2 rings (SSSR count). The topological polar surface area (TPSA) is 50.7 Å². The lowest BCUT2D eigenvalue weighted by molar-refractivity contribution is -0.139. The van der Waals surface area contributed by atoms with E-state index in [1.165, 1.54) is 23.9 Å². The van der Waals surface area contributed by atoms with Gasteiger partial charge in [0, 0.05) is 5.70 Å². The van der Waals surface area contributed by atoms with Crippen molar-refractivity contribution in [2.45, 2.75) is 26.8 Å². The van der Waals surface area contributed by atoms with E-state index in [1.54, 1.807) is 19.1 Å². The van der Waals surface area contributed by atoms with Crippen LogP contribution in [0.4, 0.5) is 4.39 Å². The number of nitrogens with one attached hydrogen (secondary N) is 1. The van der Waals surface area contributed by atoms with E-state index < -0.39 is 6.04 Å². The standard InChI is InChI=1S/C17H21FN2O2S/c1-5-22-16(21)13-14(10(2)3)19-17(23-4)20-15(13)11-6-8-12(18)9-7-11/h6-10,15H,5H2,1-4H3,(H,19,20). The molecule has 0 aliphatic carbocycles. The molecule has 0 amide bonds. The van der Waals surface area contributed by atoms with Crippen LogP contribution in [0.5, 0.6) is 0 Å². The number of thioether (sulfide) groups is 1. The van der Waals surface area contributed by atoms with Gasteiger partial charge in [0.25, 0.3) is 0 Å². The smallest absolute Gasteiger partial charge is 0.338 e. The molecule has 1 aromatic carbocycles. The fourth-order valence-electron chi connectivity index (χ4n) is 2.42. The van der Waals surface area contributed by atoms with Crippen molar-refractivity contribution in [3.63, 3.8) is 0 Å². The van der Waals surface area contributed by atoms with Gasteiger partial charge in [-0.15, -0.1) is 0 Å². The number of rotatable bonds is 4. The molecule has 6 heteroatoms. The summed E-state index contributed by atoms with van der Waals surface area (Å²) >= 11 is 1.47. The molecule has 23 heavy (non-hydrogen) atoms. The van der Waals surface area contributed by atoms with Crippen molar-refractivity contribution in [1.29, 1.82) is 0 Å². The summed E-state index contributed by atoms with van der Waals surface area (Å²) in [7, 11) is 0. The number of hydrogen-bond acceptors (Lipinski definition) is 5. The highest BCUT2D eigenvalue weighted by Gasteiger charge is 2.32. The van der Waals surface area contributed by atoms with Gasteiger partial charge in [0.1, 0.15) is 11.9 Å². The number of amidine groups is 1. The number of aliphatic imine (C=N–C) groups is 1. The second-order valence-corrected chi connectivity index (χ2v) is 6.21. The van der Waals surface area contributed by atoms with Gasteiger partial charge in [0.05, 0.1) is 12.2 Å². The first kappa shape index (κ1) is 17.5. The van der Waals surface area contributed by atoms with E-state index in [-0.39, 0.29) is 17.7 Å². The van der Waals surface area contributed by atoms with Crippen molar-refractivity contribution in [2.24, 2.45) is 10.9 Å². The molecule has 1 heterocycles. The van der Waals surface area contributed by atoms with Gasteiger partial charge in [-0.2, -0.15) is 0 Å². The second kappa shape index (κ2) is 7.64. The summed E-state index contributed by atoms with van der Waals surface area (Å²) < 4.78 is 18.4. The van der Waals surface area contributed by atoms with Crippen molar-refractivity contribution in [3.8, 4) is 0 Å². The molecule has 0 fully saturated rings. The zero-order valence-corrected chi connectivity index (χ0v) is 14.5. The zero-order chi connectivity index (χ0) is 17.0. The van der Waals surface area contributed by atoms with Crippen LogP contribution < -0.4 is 5.32 Å². The van der Waals surface area contributed by atoms with Crippen LogP contribution in [0, 0.1) is 11.7 Å². The van der Waals surface area contributed by atoms with Gasteiger partial charge in [-0.1, -0.05) is 37.7 Å². The summed E-state index contributed by atoms with van der Waals surface area (Å²) in [6.45, 7) is 6.08. The Hall–Kier alpha value is -1.82. The van der Waals surface area contributed by atoms with Crippen LogP contribution in [0.3, 0.4) is 0 Å². The average Bonchev–Trinajstić information content (AvgIpc) is 2.54. The van der Waals surface area contributed by atoms with E-state index in [0.717, 1.165) is 16.4 Å². The molecule has 0 saturated carbocycles. The Balaban J connectivity index is 2.55. The summed E-state index contributed by atoms with van der Waals surface area (Å²) in [5, 5.41) is 3.95. The van der Waals surface area contributed by atoms with Gasteiger partial charge in [-0.3, -0.25) is 0 Å². The number of allylic oxidation sites excluding steroid dienone is 1. The minimum atomic E-state index is -0.490. The maximum absolute atomic E-state index is 13.2. The normalized spacial score (nSPS) is 17.8. The van der Waals surface area contributed by atoms with Crippen LogP contribution in [0.15, 0.2) is 40.5 Å². The first-order chi connectivity index (χ1) is 11.0. The Morgan fingerprint density at radius 3 is 2.57 bits per heavy atom. The average molecular weight is 336 g/mol. The van der Waals surface area contributed by atoms with Crippen LogP contribution in [0.1, 0.15) is 32.4 Å². The van der Waals surface area contributed by atoms with E-state index in [0.29, 0.717) is 12.2 Å². The number of carbonyl (C=O) groups excluding carboxylic acids is 1.